The Bertz CT molecular complexity index is 201. The van der Waals surface area contributed by atoms with E-state index in [1.54, 1.807) is 0 Å². The Morgan fingerprint density at radius 1 is 1.00 bits per heavy atom. The molecule has 2 aliphatic rings. The molecule has 2 unspecified atom stereocenters. The Kier molecular flexibility index (Phi) is 3.37. The van der Waals surface area contributed by atoms with E-state index in [9.17, 15) is 4.39 Å². The Morgan fingerprint density at radius 2 is 1.67 bits per heavy atom. The lowest BCUT2D eigenvalue weighted by Gasteiger charge is -2.39. The van der Waals surface area contributed by atoms with E-state index in [1.165, 1.54) is 32.1 Å². The lowest BCUT2D eigenvalue weighted by Crippen LogP contribution is -2.32. The van der Waals surface area contributed by atoms with E-state index in [1.807, 2.05) is 6.92 Å². The van der Waals surface area contributed by atoms with Gasteiger partial charge in [0.25, 0.3) is 0 Å². The topological polar surface area (TPSA) is 0 Å². The molecule has 0 heterocycles. The third-order valence-electron chi connectivity index (χ3n) is 4.69. The molecular weight excluding hydrogens is 187 g/mol. The first kappa shape index (κ1) is 11.4. The molecular formula is C14H25F. The van der Waals surface area contributed by atoms with Gasteiger partial charge in [-0.3, -0.25) is 0 Å². The highest BCUT2D eigenvalue weighted by Crippen LogP contribution is 2.43. The Hall–Kier alpha value is -0.0700. The second-order valence-electron chi connectivity index (χ2n) is 6.29. The highest BCUT2D eigenvalue weighted by Gasteiger charge is 2.36. The average Bonchev–Trinajstić information content (AvgIpc) is 2.17. The van der Waals surface area contributed by atoms with Crippen LogP contribution in [0.4, 0.5) is 4.39 Å². The Balaban J connectivity index is 1.88. The second-order valence-corrected chi connectivity index (χ2v) is 6.29. The van der Waals surface area contributed by atoms with Crippen LogP contribution in [-0.2, 0) is 0 Å². The van der Waals surface area contributed by atoms with Gasteiger partial charge in [0.15, 0.2) is 0 Å². The molecule has 0 aromatic rings. The fourth-order valence-electron chi connectivity index (χ4n) is 3.64. The minimum absolute atomic E-state index is 0.696. The molecule has 0 saturated heterocycles. The van der Waals surface area contributed by atoms with Gasteiger partial charge in [-0.1, -0.05) is 19.8 Å². The van der Waals surface area contributed by atoms with Crippen LogP contribution in [0.25, 0.3) is 0 Å². The molecule has 1 heteroatoms. The molecule has 2 fully saturated rings. The molecule has 88 valence electrons. The molecule has 0 spiro atoms. The van der Waals surface area contributed by atoms with Crippen LogP contribution in [0.15, 0.2) is 0 Å². The molecule has 0 radical (unpaired) electrons. The standard InChI is InChI=1S/C14H25F/c1-11-5-7-12(8-6-11)13-4-3-9-14(2,15)10-13/h11-13H,3-10H2,1-2H3. The van der Waals surface area contributed by atoms with Crippen molar-refractivity contribution in [1.29, 1.82) is 0 Å². The summed E-state index contributed by atoms with van der Waals surface area (Å²) in [7, 11) is 0. The van der Waals surface area contributed by atoms with E-state index < -0.39 is 5.67 Å². The first-order valence-corrected chi connectivity index (χ1v) is 6.76. The summed E-state index contributed by atoms with van der Waals surface area (Å²) in [6.07, 6.45) is 9.53. The van der Waals surface area contributed by atoms with Crippen molar-refractivity contribution < 1.29 is 4.39 Å². The van der Waals surface area contributed by atoms with Crippen molar-refractivity contribution in [2.45, 2.75) is 70.9 Å². The minimum Gasteiger partial charge on any atom is -0.244 e. The van der Waals surface area contributed by atoms with Crippen LogP contribution in [0, 0.1) is 17.8 Å². The van der Waals surface area contributed by atoms with Crippen LogP contribution >= 0.6 is 0 Å². The quantitative estimate of drug-likeness (QED) is 0.589. The lowest BCUT2D eigenvalue weighted by atomic mass is 9.68. The van der Waals surface area contributed by atoms with Gasteiger partial charge in [0.1, 0.15) is 5.67 Å². The van der Waals surface area contributed by atoms with Crippen LogP contribution in [-0.4, -0.2) is 5.67 Å². The summed E-state index contributed by atoms with van der Waals surface area (Å²) < 4.78 is 14.0. The van der Waals surface area contributed by atoms with Crippen LogP contribution in [0.5, 0.6) is 0 Å². The van der Waals surface area contributed by atoms with Gasteiger partial charge in [0.2, 0.25) is 0 Å². The summed E-state index contributed by atoms with van der Waals surface area (Å²) in [6.45, 7) is 4.17. The monoisotopic (exact) mass is 212 g/mol. The zero-order valence-electron chi connectivity index (χ0n) is 10.3. The molecule has 2 rings (SSSR count). The summed E-state index contributed by atoms with van der Waals surface area (Å²) in [4.78, 5) is 0. The van der Waals surface area contributed by atoms with Crippen LogP contribution in [0.1, 0.15) is 65.2 Å². The molecule has 2 atom stereocenters. The van der Waals surface area contributed by atoms with Gasteiger partial charge < -0.3 is 0 Å². The van der Waals surface area contributed by atoms with Crippen molar-refractivity contribution in [1.82, 2.24) is 0 Å². The first-order chi connectivity index (χ1) is 7.07. The van der Waals surface area contributed by atoms with Crippen LogP contribution < -0.4 is 0 Å². The molecule has 0 bridgehead atoms. The van der Waals surface area contributed by atoms with Gasteiger partial charge in [-0.25, -0.2) is 4.39 Å². The maximum Gasteiger partial charge on any atom is 0.108 e. The van der Waals surface area contributed by atoms with E-state index >= 15 is 0 Å². The second kappa shape index (κ2) is 4.43. The highest BCUT2D eigenvalue weighted by molar-refractivity contribution is 4.87. The van der Waals surface area contributed by atoms with Crippen molar-refractivity contribution in [3.8, 4) is 0 Å². The normalized spacial score (nSPS) is 47.8. The van der Waals surface area contributed by atoms with Gasteiger partial charge >= 0.3 is 0 Å². The van der Waals surface area contributed by atoms with E-state index in [-0.39, 0.29) is 0 Å². The van der Waals surface area contributed by atoms with Crippen molar-refractivity contribution in [3.63, 3.8) is 0 Å². The summed E-state index contributed by atoms with van der Waals surface area (Å²) >= 11 is 0. The molecule has 2 saturated carbocycles. The van der Waals surface area contributed by atoms with E-state index in [0.717, 1.165) is 31.1 Å². The number of halogens is 1. The largest absolute Gasteiger partial charge is 0.244 e. The zero-order chi connectivity index (χ0) is 10.9. The molecule has 0 aromatic heterocycles. The van der Waals surface area contributed by atoms with Gasteiger partial charge in [-0.2, -0.15) is 0 Å². The summed E-state index contributed by atoms with van der Waals surface area (Å²) in [5, 5.41) is 0. The molecule has 2 aliphatic carbocycles. The molecule has 0 aliphatic heterocycles. The van der Waals surface area contributed by atoms with E-state index in [0.29, 0.717) is 5.92 Å². The Labute approximate surface area is 93.6 Å². The average molecular weight is 212 g/mol. The molecule has 0 aromatic carbocycles. The molecule has 0 nitrogen and oxygen atoms in total. The van der Waals surface area contributed by atoms with Crippen molar-refractivity contribution >= 4 is 0 Å². The number of hydrogen-bond acceptors (Lipinski definition) is 0. The first-order valence-electron chi connectivity index (χ1n) is 6.76. The fraction of sp³-hybridized carbons (Fsp3) is 1.00. The summed E-state index contributed by atoms with van der Waals surface area (Å²) in [5.41, 5.74) is -0.855. The zero-order valence-corrected chi connectivity index (χ0v) is 10.3. The molecule has 0 amide bonds. The smallest absolute Gasteiger partial charge is 0.108 e. The maximum absolute atomic E-state index is 14.0. The van der Waals surface area contributed by atoms with Crippen LogP contribution in [0.2, 0.25) is 0 Å². The predicted octanol–water partition coefficient (Wildman–Crippen LogP) is 4.73. The molecule has 15 heavy (non-hydrogen) atoms. The van der Waals surface area contributed by atoms with E-state index in [2.05, 4.69) is 6.92 Å². The number of rotatable bonds is 1. The van der Waals surface area contributed by atoms with Crippen molar-refractivity contribution in [3.05, 3.63) is 0 Å². The summed E-state index contributed by atoms with van der Waals surface area (Å²) in [6, 6.07) is 0. The van der Waals surface area contributed by atoms with Crippen molar-refractivity contribution in [2.24, 2.45) is 17.8 Å². The predicted molar refractivity (Wildman–Crippen MR) is 62.6 cm³/mol. The third kappa shape index (κ3) is 2.95. The van der Waals surface area contributed by atoms with Crippen LogP contribution in [0.3, 0.4) is 0 Å². The SMILES string of the molecule is CC1CCC(C2CCCC(C)(F)C2)CC1. The maximum atomic E-state index is 14.0. The number of hydrogen-bond donors (Lipinski definition) is 0. The lowest BCUT2D eigenvalue weighted by molar-refractivity contribution is 0.0558. The number of alkyl halides is 1. The fourth-order valence-corrected chi connectivity index (χ4v) is 3.64. The minimum atomic E-state index is -0.855. The summed E-state index contributed by atoms with van der Waals surface area (Å²) in [5.74, 6) is 2.46. The third-order valence-corrected chi connectivity index (χ3v) is 4.69. The Morgan fingerprint density at radius 3 is 2.27 bits per heavy atom. The molecule has 0 N–H and O–H groups in total. The van der Waals surface area contributed by atoms with Gasteiger partial charge in [-0.05, 0) is 63.2 Å². The van der Waals surface area contributed by atoms with Gasteiger partial charge in [-0.15, -0.1) is 0 Å². The van der Waals surface area contributed by atoms with Gasteiger partial charge in [0, 0.05) is 0 Å². The van der Waals surface area contributed by atoms with E-state index in [4.69, 9.17) is 0 Å². The highest BCUT2D eigenvalue weighted by atomic mass is 19.1. The van der Waals surface area contributed by atoms with Gasteiger partial charge in [0.05, 0.1) is 0 Å². The van der Waals surface area contributed by atoms with Crippen molar-refractivity contribution in [2.75, 3.05) is 0 Å².